The van der Waals surface area contributed by atoms with Crippen LogP contribution in [0.2, 0.25) is 0 Å². The predicted molar refractivity (Wildman–Crippen MR) is 114 cm³/mol. The van der Waals surface area contributed by atoms with Crippen molar-refractivity contribution in [2.75, 3.05) is 0 Å². The molecule has 5 nitrogen and oxygen atoms in total. The summed E-state index contributed by atoms with van der Waals surface area (Å²) in [6.07, 6.45) is 5.54. The van der Waals surface area contributed by atoms with Crippen LogP contribution in [0.1, 0.15) is 53.7 Å². The molecule has 1 fully saturated rings. The summed E-state index contributed by atoms with van der Waals surface area (Å²) >= 11 is 0. The molecule has 0 aromatic heterocycles. The largest absolute Gasteiger partial charge is 0.374 e. The molecule has 2 aromatic rings. The zero-order valence-electron chi connectivity index (χ0n) is 17.0. The molecule has 5 heteroatoms. The van der Waals surface area contributed by atoms with Crippen LogP contribution < -0.4 is 10.6 Å². The van der Waals surface area contributed by atoms with Crippen molar-refractivity contribution in [3.05, 3.63) is 76.9 Å². The van der Waals surface area contributed by atoms with E-state index in [-0.39, 0.29) is 17.9 Å². The fourth-order valence-electron chi connectivity index (χ4n) is 2.78. The van der Waals surface area contributed by atoms with Crippen LogP contribution in [0.5, 0.6) is 0 Å². The van der Waals surface area contributed by atoms with Crippen LogP contribution in [0.25, 0.3) is 6.08 Å². The molecule has 2 aromatic carbocycles. The molecular formula is C24H28N2O3. The van der Waals surface area contributed by atoms with Gasteiger partial charge in [0.05, 0.1) is 12.7 Å². The van der Waals surface area contributed by atoms with Crippen molar-refractivity contribution in [2.24, 2.45) is 0 Å². The molecule has 0 atom stereocenters. The van der Waals surface area contributed by atoms with Gasteiger partial charge in [0, 0.05) is 24.2 Å². The van der Waals surface area contributed by atoms with Crippen molar-refractivity contribution in [3.63, 3.8) is 0 Å². The van der Waals surface area contributed by atoms with E-state index in [4.69, 9.17) is 4.74 Å². The second-order valence-electron chi connectivity index (χ2n) is 7.55. The molecule has 152 valence electrons. The van der Waals surface area contributed by atoms with Crippen LogP contribution in [0.15, 0.2) is 54.6 Å². The van der Waals surface area contributed by atoms with Crippen LogP contribution in [0, 0.1) is 0 Å². The monoisotopic (exact) mass is 392 g/mol. The number of nitrogens with one attached hydrogen (secondary N) is 2. The van der Waals surface area contributed by atoms with Crippen molar-refractivity contribution >= 4 is 17.9 Å². The lowest BCUT2D eigenvalue weighted by atomic mass is 10.1. The van der Waals surface area contributed by atoms with E-state index >= 15 is 0 Å². The Balaban J connectivity index is 1.50. The maximum absolute atomic E-state index is 12.2. The molecule has 1 aliphatic rings. The Hall–Kier alpha value is -2.92. The van der Waals surface area contributed by atoms with E-state index in [0.29, 0.717) is 24.8 Å². The van der Waals surface area contributed by atoms with Crippen molar-refractivity contribution in [1.29, 1.82) is 0 Å². The van der Waals surface area contributed by atoms with Gasteiger partial charge in [-0.2, -0.15) is 0 Å². The average Bonchev–Trinajstić information content (AvgIpc) is 3.54. The van der Waals surface area contributed by atoms with Gasteiger partial charge in [-0.15, -0.1) is 0 Å². The van der Waals surface area contributed by atoms with E-state index in [1.54, 1.807) is 18.2 Å². The first kappa shape index (κ1) is 20.8. The molecule has 2 amide bonds. The normalized spacial score (nSPS) is 13.6. The second-order valence-corrected chi connectivity index (χ2v) is 7.55. The van der Waals surface area contributed by atoms with Gasteiger partial charge in [-0.3, -0.25) is 9.59 Å². The number of rotatable bonds is 9. The molecule has 0 heterocycles. The molecule has 2 N–H and O–H groups in total. The van der Waals surface area contributed by atoms with E-state index in [9.17, 15) is 9.59 Å². The van der Waals surface area contributed by atoms with Gasteiger partial charge in [0.25, 0.3) is 5.91 Å². The molecule has 1 saturated carbocycles. The Morgan fingerprint density at radius 3 is 2.41 bits per heavy atom. The van der Waals surface area contributed by atoms with E-state index in [0.717, 1.165) is 29.5 Å². The minimum Gasteiger partial charge on any atom is -0.374 e. The number of carbonyl (C=O) groups excluding carboxylic acids is 2. The van der Waals surface area contributed by atoms with E-state index < -0.39 is 0 Å². The van der Waals surface area contributed by atoms with E-state index in [2.05, 4.69) is 10.6 Å². The van der Waals surface area contributed by atoms with Gasteiger partial charge in [-0.25, -0.2) is 0 Å². The van der Waals surface area contributed by atoms with Gasteiger partial charge in [-0.1, -0.05) is 36.4 Å². The summed E-state index contributed by atoms with van der Waals surface area (Å²) in [5.74, 6) is -0.207. The SMILES string of the molecule is CC(C)OCc1ccccc1CNC(=O)/C=C/c1ccc(C(=O)NC2CC2)cc1. The highest BCUT2D eigenvalue weighted by molar-refractivity contribution is 5.95. The summed E-state index contributed by atoms with van der Waals surface area (Å²) in [4.78, 5) is 24.2. The first-order valence-electron chi connectivity index (χ1n) is 10.1. The molecule has 0 aliphatic heterocycles. The van der Waals surface area contributed by atoms with Crippen molar-refractivity contribution in [3.8, 4) is 0 Å². The predicted octanol–water partition coefficient (Wildman–Crippen LogP) is 3.83. The summed E-state index contributed by atoms with van der Waals surface area (Å²) in [7, 11) is 0. The van der Waals surface area contributed by atoms with Crippen LogP contribution in [0.3, 0.4) is 0 Å². The molecule has 3 rings (SSSR count). The minimum absolute atomic E-state index is 0.0408. The van der Waals surface area contributed by atoms with Gasteiger partial charge in [0.1, 0.15) is 0 Å². The van der Waals surface area contributed by atoms with Gasteiger partial charge in [0.2, 0.25) is 5.91 Å². The number of benzene rings is 2. The fraction of sp³-hybridized carbons (Fsp3) is 0.333. The lowest BCUT2D eigenvalue weighted by Crippen LogP contribution is -2.25. The topological polar surface area (TPSA) is 67.4 Å². The number of amides is 2. The maximum atomic E-state index is 12.2. The summed E-state index contributed by atoms with van der Waals surface area (Å²) in [6, 6.07) is 15.5. The first-order valence-corrected chi connectivity index (χ1v) is 10.1. The smallest absolute Gasteiger partial charge is 0.251 e. The van der Waals surface area contributed by atoms with E-state index in [1.165, 1.54) is 6.08 Å². The molecule has 0 bridgehead atoms. The highest BCUT2D eigenvalue weighted by Crippen LogP contribution is 2.19. The molecule has 0 radical (unpaired) electrons. The lowest BCUT2D eigenvalue weighted by Gasteiger charge is -2.12. The van der Waals surface area contributed by atoms with Crippen molar-refractivity contribution in [2.45, 2.75) is 52.0 Å². The fourth-order valence-corrected chi connectivity index (χ4v) is 2.78. The molecule has 0 saturated heterocycles. The van der Waals surface area contributed by atoms with Crippen LogP contribution in [0.4, 0.5) is 0 Å². The Morgan fingerprint density at radius 1 is 1.07 bits per heavy atom. The second kappa shape index (κ2) is 10.0. The van der Waals surface area contributed by atoms with Gasteiger partial charge >= 0.3 is 0 Å². The molecular weight excluding hydrogens is 364 g/mol. The zero-order chi connectivity index (χ0) is 20.6. The lowest BCUT2D eigenvalue weighted by molar-refractivity contribution is -0.116. The molecule has 0 unspecified atom stereocenters. The Kier molecular flexibility index (Phi) is 7.19. The highest BCUT2D eigenvalue weighted by Gasteiger charge is 2.23. The zero-order valence-corrected chi connectivity index (χ0v) is 17.0. The third kappa shape index (κ3) is 6.88. The van der Waals surface area contributed by atoms with Gasteiger partial charge < -0.3 is 15.4 Å². The Bertz CT molecular complexity index is 868. The van der Waals surface area contributed by atoms with Crippen molar-refractivity contribution < 1.29 is 14.3 Å². The van der Waals surface area contributed by atoms with Gasteiger partial charge in [-0.05, 0) is 61.6 Å². The van der Waals surface area contributed by atoms with Crippen molar-refractivity contribution in [1.82, 2.24) is 10.6 Å². The summed E-state index contributed by atoms with van der Waals surface area (Å²) in [5, 5.41) is 5.87. The average molecular weight is 392 g/mol. The van der Waals surface area contributed by atoms with Gasteiger partial charge in [0.15, 0.2) is 0 Å². The molecule has 1 aliphatic carbocycles. The third-order valence-corrected chi connectivity index (χ3v) is 4.66. The summed E-state index contributed by atoms with van der Waals surface area (Å²) in [6.45, 7) is 4.98. The summed E-state index contributed by atoms with van der Waals surface area (Å²) < 4.78 is 5.68. The summed E-state index contributed by atoms with van der Waals surface area (Å²) in [5.41, 5.74) is 3.62. The first-order chi connectivity index (χ1) is 14.0. The standard InChI is InChI=1S/C24H28N2O3/c1-17(2)29-16-21-6-4-3-5-20(21)15-25-23(27)14-9-18-7-10-19(11-8-18)24(28)26-22-12-13-22/h3-11,14,17,22H,12-13,15-16H2,1-2H3,(H,25,27)(H,26,28)/b14-9+. The number of hydrogen-bond donors (Lipinski definition) is 2. The van der Waals surface area contributed by atoms with Crippen LogP contribution in [-0.4, -0.2) is 24.0 Å². The quantitative estimate of drug-likeness (QED) is 0.637. The Morgan fingerprint density at radius 2 is 1.76 bits per heavy atom. The number of hydrogen-bond acceptors (Lipinski definition) is 3. The van der Waals surface area contributed by atoms with Crippen LogP contribution >= 0.6 is 0 Å². The Labute approximate surface area is 172 Å². The number of carbonyl (C=O) groups is 2. The third-order valence-electron chi connectivity index (χ3n) is 4.66. The highest BCUT2D eigenvalue weighted by atomic mass is 16.5. The molecule has 0 spiro atoms. The number of ether oxygens (including phenoxy) is 1. The van der Waals surface area contributed by atoms with E-state index in [1.807, 2.05) is 50.2 Å². The molecule has 29 heavy (non-hydrogen) atoms. The van der Waals surface area contributed by atoms with Crippen LogP contribution in [-0.2, 0) is 22.7 Å². The minimum atomic E-state index is -0.167. The maximum Gasteiger partial charge on any atom is 0.251 e.